The van der Waals surface area contributed by atoms with E-state index in [1.807, 2.05) is 17.8 Å². The van der Waals surface area contributed by atoms with Crippen molar-refractivity contribution in [1.82, 2.24) is 4.90 Å². The van der Waals surface area contributed by atoms with Gasteiger partial charge in [0, 0.05) is 23.1 Å². The maximum Gasteiger partial charge on any atom is 0.223 e. The fourth-order valence-electron chi connectivity index (χ4n) is 3.48. The second-order valence-corrected chi connectivity index (χ2v) is 8.12. The summed E-state index contributed by atoms with van der Waals surface area (Å²) in [6.07, 6.45) is 3.79. The van der Waals surface area contributed by atoms with Gasteiger partial charge in [0.05, 0.1) is 6.04 Å². The third-order valence-corrected chi connectivity index (χ3v) is 6.19. The zero-order valence-corrected chi connectivity index (χ0v) is 16.0. The van der Waals surface area contributed by atoms with Crippen LogP contribution in [0.4, 0.5) is 0 Å². The number of hydrogen-bond acceptors (Lipinski definition) is 2. The van der Waals surface area contributed by atoms with Gasteiger partial charge >= 0.3 is 0 Å². The van der Waals surface area contributed by atoms with Gasteiger partial charge in [0.25, 0.3) is 0 Å². The van der Waals surface area contributed by atoms with E-state index in [4.69, 9.17) is 0 Å². The zero-order valence-electron chi connectivity index (χ0n) is 15.2. The molecule has 0 aromatic heterocycles. The molecule has 0 N–H and O–H groups in total. The normalized spacial score (nSPS) is 20.7. The van der Waals surface area contributed by atoms with E-state index in [2.05, 4.69) is 67.3 Å². The largest absolute Gasteiger partial charge is 0.335 e. The van der Waals surface area contributed by atoms with Crippen molar-refractivity contribution in [2.75, 3.05) is 6.54 Å². The third-order valence-electron chi connectivity index (χ3n) is 4.85. The Morgan fingerprint density at radius 2 is 1.80 bits per heavy atom. The van der Waals surface area contributed by atoms with Gasteiger partial charge in [0.1, 0.15) is 0 Å². The minimum atomic E-state index is 0.167. The average molecular weight is 354 g/mol. The summed E-state index contributed by atoms with van der Waals surface area (Å²) < 4.78 is 0. The van der Waals surface area contributed by atoms with Crippen molar-refractivity contribution in [2.45, 2.75) is 55.7 Å². The Labute approximate surface area is 155 Å². The highest BCUT2D eigenvalue weighted by Gasteiger charge is 2.36. The van der Waals surface area contributed by atoms with E-state index in [9.17, 15) is 4.79 Å². The first-order chi connectivity index (χ1) is 12.2. The van der Waals surface area contributed by atoms with Crippen molar-refractivity contribution < 1.29 is 4.79 Å². The highest BCUT2D eigenvalue weighted by atomic mass is 32.2. The fraction of sp³-hybridized carbons (Fsp3) is 0.409. The summed E-state index contributed by atoms with van der Waals surface area (Å²) in [6, 6.07) is 19.5. The Morgan fingerprint density at radius 1 is 1.08 bits per heavy atom. The zero-order chi connectivity index (χ0) is 17.6. The molecule has 1 fully saturated rings. The number of amides is 1. The van der Waals surface area contributed by atoms with Crippen LogP contribution in [0.25, 0.3) is 0 Å². The van der Waals surface area contributed by atoms with Gasteiger partial charge in [-0.2, -0.15) is 0 Å². The number of unbranched alkanes of at least 4 members (excludes halogenated alkanes) is 1. The Kier molecular flexibility index (Phi) is 6.19. The topological polar surface area (TPSA) is 20.3 Å². The van der Waals surface area contributed by atoms with Gasteiger partial charge in [-0.1, -0.05) is 61.4 Å². The molecule has 2 atom stereocenters. The van der Waals surface area contributed by atoms with Crippen LogP contribution in [-0.4, -0.2) is 22.6 Å². The number of nitrogens with zero attached hydrogens (tertiary/aromatic N) is 1. The maximum absolute atomic E-state index is 12.6. The van der Waals surface area contributed by atoms with Crippen LogP contribution in [-0.2, 0) is 4.79 Å². The standard InChI is InChI=1S/C22H27NOS/c1-3-4-16-23-21(24)15-14-20(22(23)18-8-6-5-7-9-18)25-19-12-10-17(2)11-13-19/h5-13,20,22H,3-4,14-16H2,1-2H3/t20-,22+/m1/s1. The van der Waals surface area contributed by atoms with Crippen LogP contribution in [0, 0.1) is 6.92 Å². The molecule has 1 aliphatic rings. The quantitative estimate of drug-likeness (QED) is 0.672. The lowest BCUT2D eigenvalue weighted by Gasteiger charge is -2.41. The van der Waals surface area contributed by atoms with Crippen molar-refractivity contribution in [2.24, 2.45) is 0 Å². The summed E-state index contributed by atoms with van der Waals surface area (Å²) in [5.74, 6) is 0.308. The van der Waals surface area contributed by atoms with E-state index in [1.54, 1.807) is 0 Å². The predicted molar refractivity (Wildman–Crippen MR) is 106 cm³/mol. The van der Waals surface area contributed by atoms with Crippen LogP contribution in [0.15, 0.2) is 59.5 Å². The number of carbonyl (C=O) groups excluding carboxylic acids is 1. The molecule has 1 saturated heterocycles. The van der Waals surface area contributed by atoms with Crippen LogP contribution >= 0.6 is 11.8 Å². The smallest absolute Gasteiger partial charge is 0.223 e. The van der Waals surface area contributed by atoms with Crippen molar-refractivity contribution >= 4 is 17.7 Å². The van der Waals surface area contributed by atoms with Gasteiger partial charge in [0.2, 0.25) is 5.91 Å². The van der Waals surface area contributed by atoms with Crippen LogP contribution in [0.3, 0.4) is 0 Å². The molecule has 1 aliphatic heterocycles. The van der Waals surface area contributed by atoms with E-state index in [1.165, 1.54) is 16.0 Å². The Hall–Kier alpha value is -1.74. The molecule has 2 aromatic rings. The van der Waals surface area contributed by atoms with Gasteiger partial charge in [-0.05, 0) is 37.5 Å². The lowest BCUT2D eigenvalue weighted by Crippen LogP contribution is -2.44. The van der Waals surface area contributed by atoms with E-state index < -0.39 is 0 Å². The molecule has 1 amide bonds. The fourth-order valence-corrected chi connectivity index (χ4v) is 4.79. The first kappa shape index (κ1) is 18.1. The minimum Gasteiger partial charge on any atom is -0.335 e. The highest BCUT2D eigenvalue weighted by Crippen LogP contribution is 2.42. The summed E-state index contributed by atoms with van der Waals surface area (Å²) in [5, 5.41) is 0.402. The van der Waals surface area contributed by atoms with Crippen LogP contribution in [0.2, 0.25) is 0 Å². The molecule has 3 heteroatoms. The van der Waals surface area contributed by atoms with Crippen molar-refractivity contribution in [3.05, 3.63) is 65.7 Å². The number of thioether (sulfide) groups is 1. The molecule has 2 nitrogen and oxygen atoms in total. The van der Waals surface area contributed by atoms with Gasteiger partial charge in [-0.3, -0.25) is 4.79 Å². The number of benzene rings is 2. The summed E-state index contributed by atoms with van der Waals surface area (Å²) in [6.45, 7) is 5.16. The molecule has 0 aliphatic carbocycles. The number of rotatable bonds is 6. The molecule has 0 saturated carbocycles. The average Bonchev–Trinajstić information content (AvgIpc) is 2.64. The number of likely N-dealkylation sites (tertiary alicyclic amines) is 1. The second kappa shape index (κ2) is 8.57. The molecule has 0 unspecified atom stereocenters. The molecule has 0 bridgehead atoms. The van der Waals surface area contributed by atoms with E-state index in [0.29, 0.717) is 17.6 Å². The number of aryl methyl sites for hydroxylation is 1. The molecule has 0 spiro atoms. The summed E-state index contributed by atoms with van der Waals surface area (Å²) in [5.41, 5.74) is 2.55. The number of piperidine rings is 1. The van der Waals surface area contributed by atoms with Gasteiger partial charge in [-0.25, -0.2) is 0 Å². The highest BCUT2D eigenvalue weighted by molar-refractivity contribution is 8.00. The molecular weight excluding hydrogens is 326 g/mol. The summed E-state index contributed by atoms with van der Waals surface area (Å²) in [4.78, 5) is 16.1. The van der Waals surface area contributed by atoms with Crippen molar-refractivity contribution in [3.8, 4) is 0 Å². The van der Waals surface area contributed by atoms with Crippen LogP contribution in [0.5, 0.6) is 0 Å². The lowest BCUT2D eigenvalue weighted by molar-refractivity contribution is -0.136. The number of hydrogen-bond donors (Lipinski definition) is 0. The molecular formula is C22H27NOS. The van der Waals surface area contributed by atoms with Crippen molar-refractivity contribution in [3.63, 3.8) is 0 Å². The first-order valence-corrected chi connectivity index (χ1v) is 10.1. The number of carbonyl (C=O) groups is 1. The Bertz CT molecular complexity index is 683. The molecule has 25 heavy (non-hydrogen) atoms. The summed E-state index contributed by atoms with van der Waals surface area (Å²) in [7, 11) is 0. The Morgan fingerprint density at radius 3 is 2.48 bits per heavy atom. The van der Waals surface area contributed by atoms with Gasteiger partial charge in [0.15, 0.2) is 0 Å². The van der Waals surface area contributed by atoms with Crippen LogP contribution < -0.4 is 0 Å². The molecule has 132 valence electrons. The first-order valence-electron chi connectivity index (χ1n) is 9.26. The molecule has 2 aromatic carbocycles. The predicted octanol–water partition coefficient (Wildman–Crippen LogP) is 5.62. The Balaban J connectivity index is 1.88. The van der Waals surface area contributed by atoms with E-state index in [-0.39, 0.29) is 6.04 Å². The lowest BCUT2D eigenvalue weighted by atomic mass is 9.94. The van der Waals surface area contributed by atoms with E-state index >= 15 is 0 Å². The third kappa shape index (κ3) is 4.46. The molecule has 0 radical (unpaired) electrons. The van der Waals surface area contributed by atoms with Gasteiger partial charge < -0.3 is 4.90 Å². The molecule has 3 rings (SSSR count). The molecule has 1 heterocycles. The van der Waals surface area contributed by atoms with Gasteiger partial charge in [-0.15, -0.1) is 11.8 Å². The SMILES string of the molecule is CCCCN1C(=O)CC[C@@H](Sc2ccc(C)cc2)[C@@H]1c1ccccc1. The monoisotopic (exact) mass is 353 g/mol. The van der Waals surface area contributed by atoms with Crippen LogP contribution in [0.1, 0.15) is 49.8 Å². The summed E-state index contributed by atoms with van der Waals surface area (Å²) >= 11 is 1.92. The van der Waals surface area contributed by atoms with E-state index in [0.717, 1.165) is 25.8 Å². The maximum atomic E-state index is 12.6. The second-order valence-electron chi connectivity index (χ2n) is 6.80. The minimum absolute atomic E-state index is 0.167. The van der Waals surface area contributed by atoms with Crippen molar-refractivity contribution in [1.29, 1.82) is 0 Å².